The van der Waals surface area contributed by atoms with Crippen molar-refractivity contribution in [3.8, 4) is 5.75 Å². The number of nitrogens with zero attached hydrogens (tertiary/aromatic N) is 3. The number of hydrogen-bond acceptors (Lipinski definition) is 5. The van der Waals surface area contributed by atoms with Gasteiger partial charge >= 0.3 is 6.09 Å². The van der Waals surface area contributed by atoms with Crippen LogP contribution >= 0.6 is 0 Å². The zero-order chi connectivity index (χ0) is 21.4. The summed E-state index contributed by atoms with van der Waals surface area (Å²) >= 11 is 0. The molecule has 0 bridgehead atoms. The minimum atomic E-state index is -0.723. The van der Waals surface area contributed by atoms with Gasteiger partial charge in [0.15, 0.2) is 0 Å². The second-order valence-corrected chi connectivity index (χ2v) is 7.68. The second-order valence-electron chi connectivity index (χ2n) is 7.68. The van der Waals surface area contributed by atoms with Gasteiger partial charge in [0.1, 0.15) is 17.8 Å². The van der Waals surface area contributed by atoms with E-state index in [0.29, 0.717) is 18.7 Å². The van der Waals surface area contributed by atoms with Crippen LogP contribution in [0, 0.1) is 0 Å². The Bertz CT molecular complexity index is 1140. The quantitative estimate of drug-likeness (QED) is 0.666. The SMILES string of the molecule is O=C1N[C@@H](Cc2cnc[nH]2)C(=O)N2CCN(C(=O)Oc3cccc4ccccc34)C[C@H]12. The van der Waals surface area contributed by atoms with E-state index in [9.17, 15) is 14.4 Å². The molecule has 0 unspecified atom stereocenters. The smallest absolute Gasteiger partial charge is 0.410 e. The summed E-state index contributed by atoms with van der Waals surface area (Å²) in [5, 5.41) is 4.59. The number of aromatic nitrogens is 2. The van der Waals surface area contributed by atoms with Crippen molar-refractivity contribution in [3.05, 3.63) is 60.7 Å². The fraction of sp³-hybridized carbons (Fsp3) is 0.273. The molecule has 0 spiro atoms. The summed E-state index contributed by atoms with van der Waals surface area (Å²) in [5.41, 5.74) is 0.773. The zero-order valence-electron chi connectivity index (χ0n) is 16.7. The van der Waals surface area contributed by atoms with Crippen molar-refractivity contribution in [2.45, 2.75) is 18.5 Å². The number of ether oxygens (including phenoxy) is 1. The summed E-state index contributed by atoms with van der Waals surface area (Å²) in [5.74, 6) is 0.0439. The van der Waals surface area contributed by atoms with Crippen molar-refractivity contribution in [1.82, 2.24) is 25.1 Å². The van der Waals surface area contributed by atoms with Crippen molar-refractivity contribution in [1.29, 1.82) is 0 Å². The number of nitrogens with one attached hydrogen (secondary N) is 2. The van der Waals surface area contributed by atoms with E-state index in [1.807, 2.05) is 36.4 Å². The van der Waals surface area contributed by atoms with Crippen LogP contribution in [0.2, 0.25) is 0 Å². The molecular formula is C22H21N5O4. The molecule has 158 valence electrons. The number of aromatic amines is 1. The molecule has 2 fully saturated rings. The molecule has 0 radical (unpaired) electrons. The fourth-order valence-electron chi connectivity index (χ4n) is 4.16. The third-order valence-electron chi connectivity index (χ3n) is 5.76. The van der Waals surface area contributed by atoms with E-state index in [-0.39, 0.29) is 24.9 Å². The van der Waals surface area contributed by atoms with Crippen molar-refractivity contribution in [2.75, 3.05) is 19.6 Å². The maximum atomic E-state index is 12.9. The summed E-state index contributed by atoms with van der Waals surface area (Å²) in [6.07, 6.45) is 2.98. The number of amides is 3. The predicted molar refractivity (Wildman–Crippen MR) is 111 cm³/mol. The number of imidazole rings is 1. The molecular weight excluding hydrogens is 398 g/mol. The van der Waals surface area contributed by atoms with Crippen molar-refractivity contribution >= 4 is 28.7 Å². The van der Waals surface area contributed by atoms with E-state index in [2.05, 4.69) is 15.3 Å². The molecule has 2 N–H and O–H groups in total. The highest BCUT2D eigenvalue weighted by atomic mass is 16.6. The molecule has 2 aliphatic heterocycles. The molecule has 1 aromatic heterocycles. The van der Waals surface area contributed by atoms with Crippen molar-refractivity contribution < 1.29 is 19.1 Å². The van der Waals surface area contributed by atoms with E-state index in [1.165, 1.54) is 11.2 Å². The molecule has 3 aromatic rings. The molecule has 0 saturated carbocycles. The lowest BCUT2D eigenvalue weighted by Gasteiger charge is -2.44. The Hall–Kier alpha value is -3.88. The Kier molecular flexibility index (Phi) is 4.78. The van der Waals surface area contributed by atoms with E-state index < -0.39 is 18.2 Å². The number of fused-ring (bicyclic) bond motifs is 2. The summed E-state index contributed by atoms with van der Waals surface area (Å²) < 4.78 is 5.64. The van der Waals surface area contributed by atoms with Crippen LogP contribution in [0.25, 0.3) is 10.8 Å². The number of carbonyl (C=O) groups is 3. The first-order valence-electron chi connectivity index (χ1n) is 10.1. The van der Waals surface area contributed by atoms with Crippen LogP contribution in [-0.2, 0) is 16.0 Å². The first kappa shape index (κ1) is 19.1. The van der Waals surface area contributed by atoms with Gasteiger partial charge in [-0.15, -0.1) is 0 Å². The van der Waals surface area contributed by atoms with Crippen LogP contribution in [0.1, 0.15) is 5.69 Å². The molecule has 0 aliphatic carbocycles. The first-order valence-corrected chi connectivity index (χ1v) is 10.1. The Labute approximate surface area is 178 Å². The fourth-order valence-corrected chi connectivity index (χ4v) is 4.16. The highest BCUT2D eigenvalue weighted by Gasteiger charge is 2.44. The number of benzene rings is 2. The van der Waals surface area contributed by atoms with Gasteiger partial charge in [-0.3, -0.25) is 9.59 Å². The Morgan fingerprint density at radius 2 is 1.97 bits per heavy atom. The first-order chi connectivity index (χ1) is 15.1. The van der Waals surface area contributed by atoms with Crippen LogP contribution in [-0.4, -0.2) is 69.4 Å². The molecule has 9 heteroatoms. The molecule has 3 amide bonds. The molecule has 2 saturated heterocycles. The predicted octanol–water partition coefficient (Wildman–Crippen LogP) is 1.32. The zero-order valence-corrected chi connectivity index (χ0v) is 16.7. The number of hydrogen-bond donors (Lipinski definition) is 2. The Balaban J connectivity index is 1.28. The molecule has 2 atom stereocenters. The molecule has 2 aliphatic rings. The number of carbonyl (C=O) groups excluding carboxylic acids is 3. The van der Waals surface area contributed by atoms with Gasteiger partial charge in [0, 0.05) is 36.8 Å². The summed E-state index contributed by atoms with van der Waals surface area (Å²) in [6.45, 7) is 0.675. The molecule has 9 nitrogen and oxygen atoms in total. The molecule has 5 rings (SSSR count). The molecule has 2 aromatic carbocycles. The minimum absolute atomic E-state index is 0.0952. The topological polar surface area (TPSA) is 108 Å². The summed E-state index contributed by atoms with van der Waals surface area (Å²) in [6, 6.07) is 11.8. The highest BCUT2D eigenvalue weighted by molar-refractivity contribution is 5.98. The number of piperazine rings is 2. The van der Waals surface area contributed by atoms with Gasteiger partial charge < -0.3 is 24.8 Å². The molecule has 31 heavy (non-hydrogen) atoms. The second kappa shape index (κ2) is 7.75. The van der Waals surface area contributed by atoms with E-state index in [0.717, 1.165) is 16.5 Å². The maximum absolute atomic E-state index is 12.9. The Morgan fingerprint density at radius 1 is 1.13 bits per heavy atom. The average Bonchev–Trinajstić information content (AvgIpc) is 3.30. The van der Waals surface area contributed by atoms with Gasteiger partial charge in [-0.05, 0) is 11.5 Å². The van der Waals surface area contributed by atoms with Crippen LogP contribution in [0.15, 0.2) is 55.0 Å². The van der Waals surface area contributed by atoms with Gasteiger partial charge in [-0.2, -0.15) is 0 Å². The van der Waals surface area contributed by atoms with E-state index in [4.69, 9.17) is 4.74 Å². The average molecular weight is 419 g/mol. The van der Waals surface area contributed by atoms with E-state index >= 15 is 0 Å². The molecule has 3 heterocycles. The number of H-pyrrole nitrogens is 1. The lowest BCUT2D eigenvalue weighted by atomic mass is 10.0. The van der Waals surface area contributed by atoms with Crippen LogP contribution in [0.3, 0.4) is 0 Å². The monoisotopic (exact) mass is 419 g/mol. The van der Waals surface area contributed by atoms with Crippen LogP contribution < -0.4 is 10.1 Å². The van der Waals surface area contributed by atoms with Gasteiger partial charge in [-0.25, -0.2) is 9.78 Å². The van der Waals surface area contributed by atoms with Crippen molar-refractivity contribution in [3.63, 3.8) is 0 Å². The number of rotatable bonds is 3. The normalized spacial score (nSPS) is 21.0. The van der Waals surface area contributed by atoms with Crippen molar-refractivity contribution in [2.24, 2.45) is 0 Å². The third-order valence-corrected chi connectivity index (χ3v) is 5.76. The lowest BCUT2D eigenvalue weighted by Crippen LogP contribution is -2.70. The van der Waals surface area contributed by atoms with Gasteiger partial charge in [0.05, 0.1) is 12.9 Å². The van der Waals surface area contributed by atoms with Crippen LogP contribution in [0.4, 0.5) is 4.79 Å². The lowest BCUT2D eigenvalue weighted by molar-refractivity contribution is -0.152. The van der Waals surface area contributed by atoms with E-state index in [1.54, 1.807) is 17.2 Å². The largest absolute Gasteiger partial charge is 0.415 e. The van der Waals surface area contributed by atoms with Crippen LogP contribution in [0.5, 0.6) is 5.75 Å². The Morgan fingerprint density at radius 3 is 2.81 bits per heavy atom. The highest BCUT2D eigenvalue weighted by Crippen LogP contribution is 2.26. The maximum Gasteiger partial charge on any atom is 0.415 e. The van der Waals surface area contributed by atoms with Gasteiger partial charge in [-0.1, -0.05) is 36.4 Å². The summed E-state index contributed by atoms with van der Waals surface area (Å²) in [7, 11) is 0. The standard InChI is InChI=1S/C22H21N5O4/c28-20-18-12-26(22(30)31-19-7-3-5-14-4-1-2-6-16(14)19)8-9-27(18)21(29)17(25-20)10-15-11-23-13-24-15/h1-7,11,13,17-18H,8-10,12H2,(H,23,24)(H,25,28)/t17-,18+/m0/s1. The minimum Gasteiger partial charge on any atom is -0.410 e. The summed E-state index contributed by atoms with van der Waals surface area (Å²) in [4.78, 5) is 48.3. The van der Waals surface area contributed by atoms with Gasteiger partial charge in [0.25, 0.3) is 0 Å². The van der Waals surface area contributed by atoms with Gasteiger partial charge in [0.2, 0.25) is 11.8 Å². The third kappa shape index (κ3) is 3.58.